The topological polar surface area (TPSA) is 115 Å². The monoisotopic (exact) mass is 326 g/mol. The second-order valence-electron chi connectivity index (χ2n) is 4.75. The van der Waals surface area contributed by atoms with Gasteiger partial charge in [0, 0.05) is 0 Å². The first-order chi connectivity index (χ1) is 10.1. The van der Waals surface area contributed by atoms with Crippen molar-refractivity contribution in [3.8, 4) is 17.2 Å². The molecule has 0 unspecified atom stereocenters. The summed E-state index contributed by atoms with van der Waals surface area (Å²) < 4.78 is 30.6. The minimum atomic E-state index is -4.07. The van der Waals surface area contributed by atoms with Crippen LogP contribution in [0.15, 0.2) is 35.2 Å². The van der Waals surface area contributed by atoms with E-state index < -0.39 is 15.9 Å². The van der Waals surface area contributed by atoms with Gasteiger partial charge >= 0.3 is 0 Å². The molecule has 0 atom stereocenters. The summed E-state index contributed by atoms with van der Waals surface area (Å²) in [5.41, 5.74) is 2.53. The summed E-state index contributed by atoms with van der Waals surface area (Å²) in [6, 6.07) is 7.12. The van der Waals surface area contributed by atoms with E-state index >= 15 is 0 Å². The minimum absolute atomic E-state index is 0.00407. The lowest BCUT2D eigenvalue weighted by Gasteiger charge is -2.07. The Morgan fingerprint density at radius 2 is 1.32 bits per heavy atom. The van der Waals surface area contributed by atoms with Crippen LogP contribution in [-0.4, -0.2) is 28.3 Å². The van der Waals surface area contributed by atoms with Crippen molar-refractivity contribution < 1.29 is 28.3 Å². The standard InChI is InChI=1S/C9H12O3S.C6H6O3/c1-6-4-5-9(13(10,11)12)8(3)7(6)2;7-4-2-1-3-5(8)6(4)9/h4-5H,1-3H3,(H,10,11,12);1-3,7-9H. The summed E-state index contributed by atoms with van der Waals surface area (Å²) >= 11 is 0. The molecule has 22 heavy (non-hydrogen) atoms. The third kappa shape index (κ3) is 4.12. The molecule has 120 valence electrons. The van der Waals surface area contributed by atoms with Gasteiger partial charge in [0.15, 0.2) is 17.2 Å². The van der Waals surface area contributed by atoms with E-state index in [9.17, 15) is 8.42 Å². The molecule has 2 aromatic carbocycles. The summed E-state index contributed by atoms with van der Waals surface area (Å²) in [5, 5.41) is 26.1. The van der Waals surface area contributed by atoms with Gasteiger partial charge in [-0.25, -0.2) is 0 Å². The van der Waals surface area contributed by atoms with Crippen molar-refractivity contribution in [2.45, 2.75) is 25.7 Å². The molecule has 6 nitrogen and oxygen atoms in total. The molecular formula is C15H18O6S. The van der Waals surface area contributed by atoms with Crippen molar-refractivity contribution in [2.75, 3.05) is 0 Å². The lowest BCUT2D eigenvalue weighted by atomic mass is 10.1. The Morgan fingerprint density at radius 3 is 1.73 bits per heavy atom. The van der Waals surface area contributed by atoms with Gasteiger partial charge in [-0.1, -0.05) is 12.1 Å². The van der Waals surface area contributed by atoms with Crippen LogP contribution in [0.1, 0.15) is 16.7 Å². The number of hydrogen-bond acceptors (Lipinski definition) is 5. The second-order valence-corrected chi connectivity index (χ2v) is 6.14. The van der Waals surface area contributed by atoms with Crippen LogP contribution in [0.25, 0.3) is 0 Å². The van der Waals surface area contributed by atoms with Crippen molar-refractivity contribution in [3.05, 3.63) is 47.0 Å². The normalized spacial score (nSPS) is 10.7. The second kappa shape index (κ2) is 6.67. The fourth-order valence-electron chi connectivity index (χ4n) is 1.73. The van der Waals surface area contributed by atoms with Gasteiger partial charge in [0.25, 0.3) is 10.1 Å². The molecule has 0 aliphatic carbocycles. The Bertz CT molecular complexity index is 761. The van der Waals surface area contributed by atoms with Gasteiger partial charge in [-0.2, -0.15) is 8.42 Å². The van der Waals surface area contributed by atoms with Crippen molar-refractivity contribution >= 4 is 10.1 Å². The number of aryl methyl sites for hydroxylation is 1. The molecule has 0 heterocycles. The van der Waals surface area contributed by atoms with Crippen LogP contribution >= 0.6 is 0 Å². The van der Waals surface area contributed by atoms with Crippen LogP contribution in [-0.2, 0) is 10.1 Å². The number of para-hydroxylation sites is 1. The molecule has 0 fully saturated rings. The highest BCUT2D eigenvalue weighted by molar-refractivity contribution is 7.85. The van der Waals surface area contributed by atoms with E-state index in [2.05, 4.69) is 0 Å². The molecule has 0 aliphatic rings. The molecule has 4 N–H and O–H groups in total. The van der Waals surface area contributed by atoms with Crippen LogP contribution in [0.2, 0.25) is 0 Å². The summed E-state index contributed by atoms with van der Waals surface area (Å²) in [4.78, 5) is -0.00407. The lowest BCUT2D eigenvalue weighted by molar-refractivity contribution is 0.368. The maximum absolute atomic E-state index is 10.9. The fourth-order valence-corrected chi connectivity index (χ4v) is 2.51. The van der Waals surface area contributed by atoms with Crippen LogP contribution in [0.5, 0.6) is 17.2 Å². The van der Waals surface area contributed by atoms with Gasteiger partial charge in [-0.15, -0.1) is 0 Å². The molecular weight excluding hydrogens is 308 g/mol. The van der Waals surface area contributed by atoms with Gasteiger partial charge in [0.2, 0.25) is 0 Å². The van der Waals surface area contributed by atoms with Crippen LogP contribution in [0.3, 0.4) is 0 Å². The lowest BCUT2D eigenvalue weighted by Crippen LogP contribution is -2.02. The minimum Gasteiger partial charge on any atom is -0.504 e. The van der Waals surface area contributed by atoms with E-state index in [4.69, 9.17) is 19.9 Å². The van der Waals surface area contributed by atoms with Crippen LogP contribution < -0.4 is 0 Å². The number of benzene rings is 2. The Morgan fingerprint density at radius 1 is 0.818 bits per heavy atom. The highest BCUT2D eigenvalue weighted by atomic mass is 32.2. The van der Waals surface area contributed by atoms with Crippen LogP contribution in [0.4, 0.5) is 0 Å². The molecule has 0 radical (unpaired) electrons. The molecule has 0 aliphatic heterocycles. The van der Waals surface area contributed by atoms with E-state index in [1.807, 2.05) is 13.8 Å². The van der Waals surface area contributed by atoms with Gasteiger partial charge in [-0.05, 0) is 55.7 Å². The zero-order valence-electron chi connectivity index (χ0n) is 12.4. The molecule has 0 spiro atoms. The van der Waals surface area contributed by atoms with Crippen molar-refractivity contribution in [1.29, 1.82) is 0 Å². The molecule has 0 amide bonds. The Hall–Kier alpha value is -2.25. The Labute approximate surface area is 129 Å². The highest BCUT2D eigenvalue weighted by Crippen LogP contribution is 2.32. The summed E-state index contributed by atoms with van der Waals surface area (Å²) in [5.74, 6) is -1.09. The van der Waals surface area contributed by atoms with Crippen molar-refractivity contribution in [3.63, 3.8) is 0 Å². The largest absolute Gasteiger partial charge is 0.504 e. The first-order valence-corrected chi connectivity index (χ1v) is 7.74. The van der Waals surface area contributed by atoms with Gasteiger partial charge < -0.3 is 15.3 Å². The van der Waals surface area contributed by atoms with Crippen molar-refractivity contribution in [1.82, 2.24) is 0 Å². The predicted molar refractivity (Wildman–Crippen MR) is 81.9 cm³/mol. The Balaban J connectivity index is 0.000000235. The van der Waals surface area contributed by atoms with E-state index in [1.165, 1.54) is 24.3 Å². The maximum Gasteiger partial charge on any atom is 0.294 e. The van der Waals surface area contributed by atoms with Crippen LogP contribution in [0, 0.1) is 20.8 Å². The predicted octanol–water partition coefficient (Wildman–Crippen LogP) is 2.66. The average molecular weight is 326 g/mol. The molecule has 7 heteroatoms. The third-order valence-electron chi connectivity index (χ3n) is 3.28. The fraction of sp³-hybridized carbons (Fsp3) is 0.200. The SMILES string of the molecule is Cc1ccc(S(=O)(=O)O)c(C)c1C.Oc1cccc(O)c1O. The number of phenols is 3. The summed E-state index contributed by atoms with van der Waals surface area (Å²) in [6.45, 7) is 5.42. The third-order valence-corrected chi connectivity index (χ3v) is 4.28. The smallest absolute Gasteiger partial charge is 0.294 e. The van der Waals surface area contributed by atoms with Gasteiger partial charge in [0.05, 0.1) is 4.90 Å². The number of rotatable bonds is 1. The molecule has 2 aromatic rings. The zero-order chi connectivity index (χ0) is 17.1. The first kappa shape index (κ1) is 17.8. The highest BCUT2D eigenvalue weighted by Gasteiger charge is 2.14. The van der Waals surface area contributed by atoms with Crippen molar-refractivity contribution in [2.24, 2.45) is 0 Å². The maximum atomic E-state index is 10.9. The van der Waals surface area contributed by atoms with E-state index in [0.717, 1.165) is 11.1 Å². The summed E-state index contributed by atoms with van der Waals surface area (Å²) in [7, 11) is -4.07. The first-order valence-electron chi connectivity index (χ1n) is 6.30. The van der Waals surface area contributed by atoms with Gasteiger partial charge in [-0.3, -0.25) is 4.55 Å². The molecule has 0 saturated carbocycles. The average Bonchev–Trinajstić information content (AvgIpc) is 2.41. The number of aromatic hydroxyl groups is 3. The van der Waals surface area contributed by atoms with Gasteiger partial charge in [0.1, 0.15) is 0 Å². The molecule has 2 rings (SSSR count). The quantitative estimate of drug-likeness (QED) is 0.473. The number of phenolic OH excluding ortho intramolecular Hbond substituents is 3. The zero-order valence-corrected chi connectivity index (χ0v) is 13.2. The molecule has 0 aromatic heterocycles. The summed E-state index contributed by atoms with van der Waals surface area (Å²) in [6.07, 6.45) is 0. The number of hydrogen-bond donors (Lipinski definition) is 4. The molecule has 0 saturated heterocycles. The van der Waals surface area contributed by atoms with E-state index in [1.54, 1.807) is 13.0 Å². The Kier molecular flexibility index (Phi) is 5.40. The van der Waals surface area contributed by atoms with E-state index in [-0.39, 0.29) is 16.4 Å². The van der Waals surface area contributed by atoms with E-state index in [0.29, 0.717) is 5.56 Å². The molecule has 0 bridgehead atoms.